The lowest BCUT2D eigenvalue weighted by molar-refractivity contribution is -0.137. The molecule has 1 aliphatic rings. The van der Waals surface area contributed by atoms with E-state index < -0.39 is 5.97 Å². The monoisotopic (exact) mass is 321 g/mol. The van der Waals surface area contributed by atoms with E-state index in [1.807, 2.05) is 10.8 Å². The second kappa shape index (κ2) is 10.0. The molecule has 2 rings (SSSR count). The van der Waals surface area contributed by atoms with E-state index in [1.165, 1.54) is 38.5 Å². The van der Waals surface area contributed by atoms with Crippen LogP contribution in [0.25, 0.3) is 0 Å². The molecular formula is C17H27N3O3. The van der Waals surface area contributed by atoms with Crippen molar-refractivity contribution in [2.75, 3.05) is 6.61 Å². The highest BCUT2D eigenvalue weighted by molar-refractivity contribution is 5.86. The van der Waals surface area contributed by atoms with E-state index in [2.05, 4.69) is 10.1 Å². The fraction of sp³-hybridized carbons (Fsp3) is 0.706. The Kier molecular flexibility index (Phi) is 7.63. The standard InChI is InChI=1S/C17H27N3O3/c21-17(22)9-5-6-12-23-19-16(13-20-11-10-18-14-20)15-7-3-1-2-4-8-15/h10-11,14-15H,1-9,12-13H2,(H,21,22)/b19-16-. The third-order valence-electron chi connectivity index (χ3n) is 4.29. The van der Waals surface area contributed by atoms with Crippen molar-refractivity contribution in [2.45, 2.75) is 64.3 Å². The molecule has 0 bridgehead atoms. The number of unbranched alkanes of at least 4 members (excludes halogenated alkanes) is 1. The first-order valence-corrected chi connectivity index (χ1v) is 8.62. The number of rotatable bonds is 9. The first-order chi connectivity index (χ1) is 11.3. The maximum absolute atomic E-state index is 10.5. The van der Waals surface area contributed by atoms with Crippen molar-refractivity contribution in [2.24, 2.45) is 11.1 Å². The Bertz CT molecular complexity index is 477. The van der Waals surface area contributed by atoms with Gasteiger partial charge in [-0.05, 0) is 25.7 Å². The Morgan fingerprint density at radius 2 is 2.04 bits per heavy atom. The molecule has 6 nitrogen and oxygen atoms in total. The average molecular weight is 321 g/mol. The maximum Gasteiger partial charge on any atom is 0.303 e. The number of hydrogen-bond donors (Lipinski definition) is 1. The van der Waals surface area contributed by atoms with Crippen molar-refractivity contribution < 1.29 is 14.7 Å². The highest BCUT2D eigenvalue weighted by Crippen LogP contribution is 2.25. The lowest BCUT2D eigenvalue weighted by Gasteiger charge is -2.17. The fourth-order valence-corrected chi connectivity index (χ4v) is 2.98. The summed E-state index contributed by atoms with van der Waals surface area (Å²) in [7, 11) is 0. The van der Waals surface area contributed by atoms with Crippen molar-refractivity contribution in [3.8, 4) is 0 Å². The Morgan fingerprint density at radius 1 is 1.26 bits per heavy atom. The van der Waals surface area contributed by atoms with Crippen molar-refractivity contribution in [1.82, 2.24) is 9.55 Å². The average Bonchev–Trinajstić information content (AvgIpc) is 2.89. The molecule has 0 amide bonds. The first kappa shape index (κ1) is 17.5. The molecule has 6 heteroatoms. The number of nitrogens with zero attached hydrogens (tertiary/aromatic N) is 3. The molecule has 1 aromatic heterocycles. The molecule has 1 N–H and O–H groups in total. The molecule has 0 atom stereocenters. The number of carboxylic acids is 1. The summed E-state index contributed by atoms with van der Waals surface area (Å²) in [5, 5.41) is 13.0. The van der Waals surface area contributed by atoms with Crippen molar-refractivity contribution in [3.05, 3.63) is 18.7 Å². The van der Waals surface area contributed by atoms with E-state index in [4.69, 9.17) is 9.94 Å². The minimum Gasteiger partial charge on any atom is -0.481 e. The minimum atomic E-state index is -0.757. The number of carboxylic acid groups (broad SMARTS) is 1. The zero-order chi connectivity index (χ0) is 16.3. The highest BCUT2D eigenvalue weighted by Gasteiger charge is 2.19. The van der Waals surface area contributed by atoms with Crippen molar-refractivity contribution in [1.29, 1.82) is 0 Å². The van der Waals surface area contributed by atoms with Gasteiger partial charge in [0.25, 0.3) is 0 Å². The SMILES string of the molecule is O=C(O)CCCCO/N=C(/Cn1ccnc1)C1CCCCCC1. The van der Waals surface area contributed by atoms with Crippen molar-refractivity contribution >= 4 is 11.7 Å². The van der Waals surface area contributed by atoms with Crippen LogP contribution in [0.1, 0.15) is 57.8 Å². The van der Waals surface area contributed by atoms with Gasteiger partial charge in [-0.1, -0.05) is 30.8 Å². The smallest absolute Gasteiger partial charge is 0.303 e. The van der Waals surface area contributed by atoms with Gasteiger partial charge < -0.3 is 14.5 Å². The third kappa shape index (κ3) is 6.84. The molecule has 0 unspecified atom stereocenters. The fourth-order valence-electron chi connectivity index (χ4n) is 2.98. The van der Waals surface area contributed by atoms with Gasteiger partial charge in [-0.3, -0.25) is 4.79 Å². The molecule has 1 aliphatic carbocycles. The molecule has 128 valence electrons. The molecule has 1 saturated carbocycles. The third-order valence-corrected chi connectivity index (χ3v) is 4.29. The number of aliphatic carboxylic acids is 1. The summed E-state index contributed by atoms with van der Waals surface area (Å²) in [6.45, 7) is 1.20. The molecule has 0 aromatic carbocycles. The molecule has 0 saturated heterocycles. The minimum absolute atomic E-state index is 0.192. The van der Waals surface area contributed by atoms with Gasteiger partial charge in [0.15, 0.2) is 0 Å². The molecule has 0 spiro atoms. The number of aromatic nitrogens is 2. The summed E-state index contributed by atoms with van der Waals surface area (Å²) in [5.41, 5.74) is 1.09. The highest BCUT2D eigenvalue weighted by atomic mass is 16.6. The van der Waals surface area contributed by atoms with Gasteiger partial charge in [-0.2, -0.15) is 0 Å². The van der Waals surface area contributed by atoms with Crippen LogP contribution in [-0.4, -0.2) is 32.9 Å². The van der Waals surface area contributed by atoms with Crippen LogP contribution < -0.4 is 0 Å². The Hall–Kier alpha value is -1.85. The summed E-state index contributed by atoms with van der Waals surface area (Å²) in [5.74, 6) is -0.272. The second-order valence-corrected chi connectivity index (χ2v) is 6.19. The van der Waals surface area contributed by atoms with Crippen LogP contribution >= 0.6 is 0 Å². The second-order valence-electron chi connectivity index (χ2n) is 6.19. The van der Waals surface area contributed by atoms with Crippen LogP contribution in [-0.2, 0) is 16.2 Å². The Labute approximate surface area is 137 Å². The predicted molar refractivity (Wildman–Crippen MR) is 88.3 cm³/mol. The van der Waals surface area contributed by atoms with Crippen LogP contribution in [0.5, 0.6) is 0 Å². The van der Waals surface area contributed by atoms with Crippen LogP contribution in [0.3, 0.4) is 0 Å². The molecule has 1 aromatic rings. The van der Waals surface area contributed by atoms with Gasteiger partial charge in [0.1, 0.15) is 6.61 Å². The summed E-state index contributed by atoms with van der Waals surface area (Å²) in [6.07, 6.45) is 14.6. The number of hydrogen-bond acceptors (Lipinski definition) is 4. The van der Waals surface area contributed by atoms with Gasteiger partial charge in [0, 0.05) is 24.7 Å². The zero-order valence-electron chi connectivity index (χ0n) is 13.7. The van der Waals surface area contributed by atoms with Crippen molar-refractivity contribution in [3.63, 3.8) is 0 Å². The van der Waals surface area contributed by atoms with E-state index >= 15 is 0 Å². The Morgan fingerprint density at radius 3 is 2.70 bits per heavy atom. The van der Waals surface area contributed by atoms with Crippen LogP contribution in [0.15, 0.2) is 23.9 Å². The predicted octanol–water partition coefficient (Wildman–Crippen LogP) is 3.48. The molecular weight excluding hydrogens is 294 g/mol. The van der Waals surface area contributed by atoms with E-state index in [0.29, 0.717) is 18.9 Å². The molecule has 0 radical (unpaired) electrons. The van der Waals surface area contributed by atoms with Gasteiger partial charge in [-0.15, -0.1) is 0 Å². The summed E-state index contributed by atoms with van der Waals surface area (Å²) >= 11 is 0. The number of imidazole rings is 1. The molecule has 1 fully saturated rings. The van der Waals surface area contributed by atoms with E-state index in [0.717, 1.165) is 18.7 Å². The number of carbonyl (C=O) groups is 1. The topological polar surface area (TPSA) is 76.7 Å². The van der Waals surface area contributed by atoms with E-state index in [-0.39, 0.29) is 6.42 Å². The quantitative estimate of drug-likeness (QED) is 0.327. The molecule has 1 heterocycles. The Balaban J connectivity index is 1.86. The van der Waals surface area contributed by atoms with Crippen LogP contribution in [0.4, 0.5) is 0 Å². The van der Waals surface area contributed by atoms with Crippen LogP contribution in [0.2, 0.25) is 0 Å². The summed E-state index contributed by atoms with van der Waals surface area (Å²) in [4.78, 5) is 20.0. The van der Waals surface area contributed by atoms with Gasteiger partial charge in [0.2, 0.25) is 0 Å². The zero-order valence-corrected chi connectivity index (χ0v) is 13.7. The lowest BCUT2D eigenvalue weighted by atomic mass is 9.94. The van der Waals surface area contributed by atoms with Gasteiger partial charge in [-0.25, -0.2) is 4.98 Å². The summed E-state index contributed by atoms with van der Waals surface area (Å²) in [6, 6.07) is 0. The largest absolute Gasteiger partial charge is 0.481 e. The number of oxime groups is 1. The summed E-state index contributed by atoms with van der Waals surface area (Å²) < 4.78 is 2.03. The van der Waals surface area contributed by atoms with Gasteiger partial charge in [0.05, 0.1) is 18.6 Å². The maximum atomic E-state index is 10.5. The van der Waals surface area contributed by atoms with Crippen LogP contribution in [0, 0.1) is 5.92 Å². The first-order valence-electron chi connectivity index (χ1n) is 8.62. The molecule has 0 aliphatic heterocycles. The lowest BCUT2D eigenvalue weighted by Crippen LogP contribution is -2.20. The molecule has 23 heavy (non-hydrogen) atoms. The van der Waals surface area contributed by atoms with E-state index in [1.54, 1.807) is 12.5 Å². The van der Waals surface area contributed by atoms with Gasteiger partial charge >= 0.3 is 5.97 Å². The van der Waals surface area contributed by atoms with E-state index in [9.17, 15) is 4.79 Å². The normalized spacial score (nSPS) is 17.0.